The van der Waals surface area contributed by atoms with Gasteiger partial charge in [-0.1, -0.05) is 6.92 Å². The summed E-state index contributed by atoms with van der Waals surface area (Å²) in [5.74, 6) is -1.58. The van der Waals surface area contributed by atoms with Crippen LogP contribution in [0.4, 0.5) is 5.69 Å². The third-order valence-electron chi connectivity index (χ3n) is 3.19. The second-order valence-electron chi connectivity index (χ2n) is 4.85. The van der Waals surface area contributed by atoms with E-state index in [1.54, 1.807) is 17.5 Å². The number of amides is 1. The van der Waals surface area contributed by atoms with Crippen LogP contribution in [0.25, 0.3) is 0 Å². The van der Waals surface area contributed by atoms with Crippen LogP contribution in [0.1, 0.15) is 36.7 Å². The third-order valence-corrected chi connectivity index (χ3v) is 5.44. The highest BCUT2D eigenvalue weighted by Gasteiger charge is 2.18. The Morgan fingerprint density at radius 3 is 2.62 bits per heavy atom. The Bertz CT molecular complexity index is 762. The molecule has 2 aromatic heterocycles. The molecular weight excluding hydrogens is 350 g/mol. The molecule has 2 aromatic rings. The maximum Gasteiger partial charge on any atom is 0.350 e. The molecule has 0 saturated carbocycles. The molecule has 2 rings (SSSR count). The van der Waals surface area contributed by atoms with Crippen molar-refractivity contribution < 1.29 is 23.9 Å². The molecule has 0 aliphatic carbocycles. The number of nitrogens with one attached hydrogen (secondary N) is 1. The van der Waals surface area contributed by atoms with Gasteiger partial charge in [0.25, 0.3) is 5.91 Å². The van der Waals surface area contributed by atoms with Gasteiger partial charge in [0.2, 0.25) is 0 Å². The predicted octanol–water partition coefficient (Wildman–Crippen LogP) is 3.26. The van der Waals surface area contributed by atoms with Gasteiger partial charge in [-0.05, 0) is 36.4 Å². The first-order valence-electron chi connectivity index (χ1n) is 7.18. The van der Waals surface area contributed by atoms with Crippen LogP contribution in [0.3, 0.4) is 0 Å². The van der Waals surface area contributed by atoms with Crippen LogP contribution in [0.5, 0.6) is 0 Å². The zero-order valence-electron chi connectivity index (χ0n) is 13.5. The monoisotopic (exact) mass is 367 g/mol. The second kappa shape index (κ2) is 8.07. The summed E-state index contributed by atoms with van der Waals surface area (Å²) in [6.07, 6.45) is 0.846. The van der Waals surface area contributed by atoms with Gasteiger partial charge < -0.3 is 14.8 Å². The molecule has 128 valence electrons. The fourth-order valence-corrected chi connectivity index (χ4v) is 3.79. The molecule has 0 aromatic carbocycles. The maximum absolute atomic E-state index is 12.0. The van der Waals surface area contributed by atoms with Crippen LogP contribution in [0.15, 0.2) is 17.5 Å². The van der Waals surface area contributed by atoms with Crippen LogP contribution < -0.4 is 5.32 Å². The summed E-state index contributed by atoms with van der Waals surface area (Å²) in [7, 11) is 1.27. The number of ether oxygens (including phenoxy) is 2. The fourth-order valence-electron chi connectivity index (χ4n) is 2.02. The molecule has 0 unspecified atom stereocenters. The molecule has 6 nitrogen and oxygen atoms in total. The largest absolute Gasteiger partial charge is 0.465 e. The molecule has 0 radical (unpaired) electrons. The van der Waals surface area contributed by atoms with Crippen molar-refractivity contribution in [2.75, 3.05) is 19.0 Å². The van der Waals surface area contributed by atoms with E-state index >= 15 is 0 Å². The molecule has 0 bridgehead atoms. The Balaban J connectivity index is 1.92. The second-order valence-corrected chi connectivity index (χ2v) is 6.90. The smallest absolute Gasteiger partial charge is 0.350 e. The molecular formula is C16H17NO5S2. The van der Waals surface area contributed by atoms with Crippen LogP contribution >= 0.6 is 22.7 Å². The minimum atomic E-state index is -0.531. The standard InChI is InChI=1S/C16H17NO5S2/c1-4-11-9(2)7-12(24-11)15(19)22-8-13(18)17-10-5-6-23-14(10)16(20)21-3/h5-7H,4,8H2,1-3H3,(H,17,18). The van der Waals surface area contributed by atoms with Crippen LogP contribution in [0, 0.1) is 6.92 Å². The van der Waals surface area contributed by atoms with E-state index in [0.717, 1.165) is 28.2 Å². The number of thiophene rings is 2. The SMILES string of the molecule is CCc1sc(C(=O)OCC(=O)Nc2ccsc2C(=O)OC)cc1C. The molecule has 24 heavy (non-hydrogen) atoms. The molecule has 2 heterocycles. The Kier molecular flexibility index (Phi) is 6.10. The van der Waals surface area contributed by atoms with Crippen molar-refractivity contribution in [2.45, 2.75) is 20.3 Å². The lowest BCUT2D eigenvalue weighted by Gasteiger charge is -2.06. The van der Waals surface area contributed by atoms with Crippen molar-refractivity contribution >= 4 is 46.2 Å². The first-order chi connectivity index (χ1) is 11.5. The van der Waals surface area contributed by atoms with Gasteiger partial charge >= 0.3 is 11.9 Å². The number of methoxy groups -OCH3 is 1. The number of carbonyl (C=O) groups is 3. The summed E-state index contributed by atoms with van der Waals surface area (Å²) >= 11 is 2.53. The fraction of sp³-hybridized carbons (Fsp3) is 0.312. The third kappa shape index (κ3) is 4.21. The molecule has 1 amide bonds. The van der Waals surface area contributed by atoms with Gasteiger partial charge in [0.1, 0.15) is 9.75 Å². The van der Waals surface area contributed by atoms with Crippen molar-refractivity contribution in [3.8, 4) is 0 Å². The summed E-state index contributed by atoms with van der Waals surface area (Å²) in [6, 6.07) is 3.35. The van der Waals surface area contributed by atoms with Crippen molar-refractivity contribution in [1.29, 1.82) is 0 Å². The first kappa shape index (κ1) is 18.2. The van der Waals surface area contributed by atoms with Crippen LogP contribution in [0.2, 0.25) is 0 Å². The molecule has 0 spiro atoms. The van der Waals surface area contributed by atoms with Gasteiger partial charge in [-0.3, -0.25) is 4.79 Å². The van der Waals surface area contributed by atoms with Crippen LogP contribution in [-0.4, -0.2) is 31.6 Å². The Labute approximate surface area is 147 Å². The lowest BCUT2D eigenvalue weighted by atomic mass is 10.2. The van der Waals surface area contributed by atoms with E-state index < -0.39 is 24.5 Å². The average molecular weight is 367 g/mol. The van der Waals surface area contributed by atoms with Crippen molar-refractivity contribution in [1.82, 2.24) is 0 Å². The van der Waals surface area contributed by atoms with E-state index in [1.807, 2.05) is 13.8 Å². The minimum absolute atomic E-state index is 0.290. The van der Waals surface area contributed by atoms with E-state index in [4.69, 9.17) is 4.74 Å². The van der Waals surface area contributed by atoms with E-state index in [-0.39, 0.29) is 0 Å². The van der Waals surface area contributed by atoms with E-state index in [1.165, 1.54) is 18.4 Å². The van der Waals surface area contributed by atoms with E-state index in [2.05, 4.69) is 10.1 Å². The van der Waals surface area contributed by atoms with Gasteiger partial charge in [-0.2, -0.15) is 0 Å². The lowest BCUT2D eigenvalue weighted by molar-refractivity contribution is -0.119. The maximum atomic E-state index is 12.0. The number of hydrogen-bond acceptors (Lipinski definition) is 7. The van der Waals surface area contributed by atoms with Crippen LogP contribution in [-0.2, 0) is 20.7 Å². The number of anilines is 1. The zero-order valence-corrected chi connectivity index (χ0v) is 15.1. The number of hydrogen-bond donors (Lipinski definition) is 1. The van der Waals surface area contributed by atoms with E-state index in [9.17, 15) is 14.4 Å². The predicted molar refractivity (Wildman–Crippen MR) is 93.0 cm³/mol. The van der Waals surface area contributed by atoms with Crippen molar-refractivity contribution in [3.63, 3.8) is 0 Å². The first-order valence-corrected chi connectivity index (χ1v) is 8.88. The molecule has 0 aliphatic heterocycles. The Morgan fingerprint density at radius 2 is 2.00 bits per heavy atom. The van der Waals surface area contributed by atoms with Gasteiger partial charge in [0.05, 0.1) is 12.8 Å². The Hall–Kier alpha value is -2.19. The van der Waals surface area contributed by atoms with E-state index in [0.29, 0.717) is 15.4 Å². The highest BCUT2D eigenvalue weighted by molar-refractivity contribution is 7.14. The molecule has 0 fully saturated rings. The molecule has 1 N–H and O–H groups in total. The Morgan fingerprint density at radius 1 is 1.25 bits per heavy atom. The summed E-state index contributed by atoms with van der Waals surface area (Å²) in [5.41, 5.74) is 1.38. The number of aryl methyl sites for hydroxylation is 2. The van der Waals surface area contributed by atoms with Gasteiger partial charge in [-0.15, -0.1) is 22.7 Å². The van der Waals surface area contributed by atoms with Crippen molar-refractivity contribution in [2.24, 2.45) is 0 Å². The summed E-state index contributed by atoms with van der Waals surface area (Å²) in [6.45, 7) is 3.53. The highest BCUT2D eigenvalue weighted by atomic mass is 32.1. The molecule has 0 saturated heterocycles. The number of rotatable bonds is 6. The normalized spacial score (nSPS) is 10.3. The summed E-state index contributed by atoms with van der Waals surface area (Å²) in [5, 5.41) is 4.20. The highest BCUT2D eigenvalue weighted by Crippen LogP contribution is 2.24. The number of esters is 2. The quantitative estimate of drug-likeness (QED) is 0.793. The zero-order chi connectivity index (χ0) is 17.7. The van der Waals surface area contributed by atoms with Crippen molar-refractivity contribution in [3.05, 3.63) is 37.7 Å². The molecule has 8 heteroatoms. The number of carbonyl (C=O) groups excluding carboxylic acids is 3. The van der Waals surface area contributed by atoms with Gasteiger partial charge in [0.15, 0.2) is 6.61 Å². The summed E-state index contributed by atoms with van der Waals surface area (Å²) in [4.78, 5) is 37.3. The molecule has 0 aliphatic rings. The lowest BCUT2D eigenvalue weighted by Crippen LogP contribution is -2.21. The minimum Gasteiger partial charge on any atom is -0.465 e. The average Bonchev–Trinajstić information content (AvgIpc) is 3.18. The van der Waals surface area contributed by atoms with Gasteiger partial charge in [-0.25, -0.2) is 9.59 Å². The topological polar surface area (TPSA) is 81.7 Å². The van der Waals surface area contributed by atoms with Gasteiger partial charge in [0, 0.05) is 4.88 Å². The summed E-state index contributed by atoms with van der Waals surface area (Å²) < 4.78 is 9.66. The molecule has 0 atom stereocenters.